The Balaban J connectivity index is 2.45. The third kappa shape index (κ3) is 5.85. The summed E-state index contributed by atoms with van der Waals surface area (Å²) in [7, 11) is 1.63. The predicted octanol–water partition coefficient (Wildman–Crippen LogP) is 4.37. The van der Waals surface area contributed by atoms with Crippen LogP contribution in [0.1, 0.15) is 12.8 Å². The van der Waals surface area contributed by atoms with Crippen molar-refractivity contribution in [1.82, 2.24) is 0 Å². The van der Waals surface area contributed by atoms with Gasteiger partial charge in [0.05, 0.1) is 22.4 Å². The molecular formula is C10H10Cl4O3S. The lowest BCUT2D eigenvalue weighted by atomic mass is 10.3. The van der Waals surface area contributed by atoms with E-state index in [1.54, 1.807) is 0 Å². The van der Waals surface area contributed by atoms with E-state index in [4.69, 9.17) is 50.2 Å². The Kier molecular flexibility index (Phi) is 6.35. The van der Waals surface area contributed by atoms with E-state index in [0.717, 1.165) is 0 Å². The fourth-order valence-electron chi connectivity index (χ4n) is 1.22. The highest BCUT2D eigenvalue weighted by Gasteiger charge is 2.09. The van der Waals surface area contributed by atoms with Crippen LogP contribution in [0.3, 0.4) is 0 Å². The summed E-state index contributed by atoms with van der Waals surface area (Å²) >= 11 is 17.6. The fourth-order valence-corrected chi connectivity index (χ4v) is 3.02. The number of hydrogen-bond donors (Lipinski definition) is 0. The average molecular weight is 352 g/mol. The van der Waals surface area contributed by atoms with Gasteiger partial charge in [0.2, 0.25) is 9.05 Å². The Morgan fingerprint density at radius 3 is 2.11 bits per heavy atom. The molecule has 8 heteroatoms. The second-order valence-electron chi connectivity index (χ2n) is 3.50. The van der Waals surface area contributed by atoms with Gasteiger partial charge >= 0.3 is 0 Å². The summed E-state index contributed by atoms with van der Waals surface area (Å²) in [5.41, 5.74) is 0. The summed E-state index contributed by atoms with van der Waals surface area (Å²) in [6, 6.07) is 3.04. The molecule has 0 saturated carbocycles. The summed E-state index contributed by atoms with van der Waals surface area (Å²) in [5, 5.41) is 1.06. The van der Waals surface area contributed by atoms with E-state index >= 15 is 0 Å². The van der Waals surface area contributed by atoms with Gasteiger partial charge in [0.25, 0.3) is 0 Å². The first-order valence-corrected chi connectivity index (χ1v) is 8.60. The van der Waals surface area contributed by atoms with E-state index in [2.05, 4.69) is 0 Å². The Labute approximate surface area is 125 Å². The maximum Gasteiger partial charge on any atom is 0.232 e. The first-order chi connectivity index (χ1) is 8.29. The molecule has 0 aromatic heterocycles. The van der Waals surface area contributed by atoms with Crippen LogP contribution >= 0.6 is 45.5 Å². The molecule has 0 radical (unpaired) electrons. The van der Waals surface area contributed by atoms with Crippen LogP contribution in [0.15, 0.2) is 12.1 Å². The van der Waals surface area contributed by atoms with Gasteiger partial charge in [-0.3, -0.25) is 0 Å². The molecule has 0 heterocycles. The average Bonchev–Trinajstić information content (AvgIpc) is 2.19. The predicted molar refractivity (Wildman–Crippen MR) is 75.8 cm³/mol. The monoisotopic (exact) mass is 350 g/mol. The van der Waals surface area contributed by atoms with Crippen molar-refractivity contribution in [3.8, 4) is 5.75 Å². The lowest BCUT2D eigenvalue weighted by Crippen LogP contribution is -2.03. The van der Waals surface area contributed by atoms with Crippen molar-refractivity contribution in [3.05, 3.63) is 27.2 Å². The van der Waals surface area contributed by atoms with Gasteiger partial charge in [-0.15, -0.1) is 0 Å². The minimum Gasteiger partial charge on any atom is -0.490 e. The molecule has 0 aliphatic carbocycles. The molecule has 1 aromatic carbocycles. The zero-order chi connectivity index (χ0) is 13.8. The molecule has 3 nitrogen and oxygen atoms in total. The molecule has 0 aliphatic heterocycles. The molecule has 18 heavy (non-hydrogen) atoms. The van der Waals surface area contributed by atoms with Crippen molar-refractivity contribution in [2.75, 3.05) is 12.4 Å². The quantitative estimate of drug-likeness (QED) is 0.564. The van der Waals surface area contributed by atoms with Gasteiger partial charge in [0.15, 0.2) is 5.75 Å². The largest absolute Gasteiger partial charge is 0.490 e. The van der Waals surface area contributed by atoms with Crippen molar-refractivity contribution < 1.29 is 13.2 Å². The van der Waals surface area contributed by atoms with E-state index < -0.39 is 9.05 Å². The molecule has 0 fully saturated rings. The second kappa shape index (κ2) is 7.06. The van der Waals surface area contributed by atoms with Gasteiger partial charge in [0, 0.05) is 15.7 Å². The fraction of sp³-hybridized carbons (Fsp3) is 0.400. The third-order valence-electron chi connectivity index (χ3n) is 1.99. The Bertz CT molecular complexity index is 493. The molecule has 0 N–H and O–H groups in total. The lowest BCUT2D eigenvalue weighted by Gasteiger charge is -2.09. The first kappa shape index (κ1) is 16.2. The number of halogens is 4. The van der Waals surface area contributed by atoms with Crippen LogP contribution in [-0.2, 0) is 9.05 Å². The Morgan fingerprint density at radius 2 is 1.61 bits per heavy atom. The summed E-state index contributed by atoms with van der Waals surface area (Å²) < 4.78 is 26.7. The highest BCUT2D eigenvalue weighted by atomic mass is 35.7. The van der Waals surface area contributed by atoms with Crippen molar-refractivity contribution >= 4 is 54.5 Å². The van der Waals surface area contributed by atoms with E-state index in [1.807, 2.05) is 0 Å². The topological polar surface area (TPSA) is 43.4 Å². The van der Waals surface area contributed by atoms with Gasteiger partial charge in [-0.1, -0.05) is 34.8 Å². The number of hydrogen-bond acceptors (Lipinski definition) is 3. The molecule has 0 spiro atoms. The number of rotatable bonds is 6. The summed E-state index contributed by atoms with van der Waals surface area (Å²) in [5.74, 6) is 0.261. The maximum atomic E-state index is 10.7. The van der Waals surface area contributed by atoms with Crippen molar-refractivity contribution in [2.45, 2.75) is 12.8 Å². The van der Waals surface area contributed by atoms with E-state index in [9.17, 15) is 8.42 Å². The van der Waals surface area contributed by atoms with Crippen LogP contribution in [0.5, 0.6) is 5.75 Å². The molecule has 0 saturated heterocycles. The standard InChI is InChI=1S/C10H10Cl4O3S/c11-7-5-8(12)10(9(13)6-7)17-3-1-2-4-18(14,15)16/h5-6H,1-4H2. The van der Waals surface area contributed by atoms with Crippen LogP contribution in [-0.4, -0.2) is 20.8 Å². The molecule has 0 bridgehead atoms. The van der Waals surface area contributed by atoms with Crippen LogP contribution in [0, 0.1) is 0 Å². The molecular weight excluding hydrogens is 342 g/mol. The maximum absolute atomic E-state index is 10.7. The SMILES string of the molecule is O=S(=O)(Cl)CCCCOc1c(Cl)cc(Cl)cc1Cl. The molecule has 0 amide bonds. The minimum absolute atomic E-state index is 0.0833. The lowest BCUT2D eigenvalue weighted by molar-refractivity contribution is 0.310. The van der Waals surface area contributed by atoms with E-state index in [0.29, 0.717) is 40.3 Å². The zero-order valence-corrected chi connectivity index (χ0v) is 13.0. The van der Waals surface area contributed by atoms with Crippen LogP contribution in [0.4, 0.5) is 0 Å². The van der Waals surface area contributed by atoms with Crippen molar-refractivity contribution in [1.29, 1.82) is 0 Å². The molecule has 0 atom stereocenters. The highest BCUT2D eigenvalue weighted by Crippen LogP contribution is 2.35. The Morgan fingerprint density at radius 1 is 1.06 bits per heavy atom. The smallest absolute Gasteiger partial charge is 0.232 e. The summed E-state index contributed by atoms with van der Waals surface area (Å²) in [6.45, 7) is 0.299. The zero-order valence-electron chi connectivity index (χ0n) is 9.13. The van der Waals surface area contributed by atoms with Crippen LogP contribution < -0.4 is 4.74 Å². The molecule has 1 rings (SSSR count). The van der Waals surface area contributed by atoms with Gasteiger partial charge in [-0.05, 0) is 25.0 Å². The van der Waals surface area contributed by atoms with Gasteiger partial charge < -0.3 is 4.74 Å². The summed E-state index contributed by atoms with van der Waals surface area (Å²) in [6.07, 6.45) is 0.940. The number of ether oxygens (including phenoxy) is 1. The van der Waals surface area contributed by atoms with E-state index in [1.165, 1.54) is 12.1 Å². The van der Waals surface area contributed by atoms with Gasteiger partial charge in [-0.2, -0.15) is 0 Å². The van der Waals surface area contributed by atoms with Gasteiger partial charge in [0.1, 0.15) is 0 Å². The highest BCUT2D eigenvalue weighted by molar-refractivity contribution is 8.13. The summed E-state index contributed by atoms with van der Waals surface area (Å²) in [4.78, 5) is 0. The van der Waals surface area contributed by atoms with Crippen molar-refractivity contribution in [3.63, 3.8) is 0 Å². The second-order valence-corrected chi connectivity index (χ2v) is 7.64. The minimum atomic E-state index is -3.44. The van der Waals surface area contributed by atoms with E-state index in [-0.39, 0.29) is 5.75 Å². The normalized spacial score (nSPS) is 11.6. The molecule has 102 valence electrons. The Hall–Kier alpha value is 0.130. The molecule has 1 aromatic rings. The van der Waals surface area contributed by atoms with Gasteiger partial charge in [-0.25, -0.2) is 8.42 Å². The van der Waals surface area contributed by atoms with Crippen molar-refractivity contribution in [2.24, 2.45) is 0 Å². The third-order valence-corrected chi connectivity index (χ3v) is 4.01. The van der Waals surface area contributed by atoms with Crippen LogP contribution in [0.2, 0.25) is 15.1 Å². The van der Waals surface area contributed by atoms with Crippen LogP contribution in [0.25, 0.3) is 0 Å². The number of benzene rings is 1. The number of unbranched alkanes of at least 4 members (excludes halogenated alkanes) is 1. The molecule has 0 unspecified atom stereocenters. The first-order valence-electron chi connectivity index (χ1n) is 4.99. The molecule has 0 aliphatic rings.